The van der Waals surface area contributed by atoms with E-state index >= 15 is 0 Å². The quantitative estimate of drug-likeness (QED) is 0.656. The van der Waals surface area contributed by atoms with Crippen molar-refractivity contribution in [2.24, 2.45) is 0 Å². The number of thiol groups is 1. The molecule has 1 aromatic heterocycles. The second-order valence-corrected chi connectivity index (χ2v) is 2.71. The molecule has 0 aliphatic heterocycles. The van der Waals surface area contributed by atoms with Crippen molar-refractivity contribution in [1.82, 2.24) is 4.98 Å². The largest absolute Gasteiger partial charge is 0.245 e. The minimum atomic E-state index is 1.10. The third-order valence-corrected chi connectivity index (χ3v) is 2.05. The molecule has 0 N–H and O–H groups in total. The van der Waals surface area contributed by atoms with E-state index in [1.807, 2.05) is 37.6 Å². The summed E-state index contributed by atoms with van der Waals surface area (Å²) in [5.74, 6) is 0. The van der Waals surface area contributed by atoms with Gasteiger partial charge < -0.3 is 0 Å². The van der Waals surface area contributed by atoms with Crippen LogP contribution in [0.2, 0.25) is 0 Å². The van der Waals surface area contributed by atoms with Gasteiger partial charge in [-0.3, -0.25) is 0 Å². The van der Waals surface area contributed by atoms with E-state index in [4.69, 9.17) is 0 Å². The molecule has 0 unspecified atom stereocenters. The van der Waals surface area contributed by atoms with Crippen LogP contribution >= 0.6 is 24.0 Å². The van der Waals surface area contributed by atoms with E-state index in [1.165, 1.54) is 4.70 Å². The zero-order valence-electron chi connectivity index (χ0n) is 8.19. The summed E-state index contributed by atoms with van der Waals surface area (Å²) in [5.41, 5.74) is 2.97. The summed E-state index contributed by atoms with van der Waals surface area (Å²) in [7, 11) is 0. The molecule has 72 valence electrons. The van der Waals surface area contributed by atoms with Crippen molar-refractivity contribution in [2.45, 2.75) is 13.8 Å². The molecule has 3 heteroatoms. The van der Waals surface area contributed by atoms with Crippen molar-refractivity contribution in [3.8, 4) is 0 Å². The Morgan fingerprint density at radius 3 is 2.38 bits per heavy atom. The first-order valence-corrected chi connectivity index (χ1v) is 5.97. The van der Waals surface area contributed by atoms with Crippen LogP contribution in [0.3, 0.4) is 0 Å². The van der Waals surface area contributed by atoms with Gasteiger partial charge in [-0.05, 0) is 18.4 Å². The zero-order chi connectivity index (χ0) is 10.1. The zero-order valence-corrected chi connectivity index (χ0v) is 9.90. The summed E-state index contributed by atoms with van der Waals surface area (Å²) in [5, 5.41) is 0. The first-order valence-electron chi connectivity index (χ1n) is 4.20. The Kier molecular flexibility index (Phi) is 7.74. The maximum Gasteiger partial charge on any atom is 0.0812 e. The number of fused-ring (bicyclic) bond motifs is 1. The Morgan fingerprint density at radius 1 is 1.15 bits per heavy atom. The van der Waals surface area contributed by atoms with E-state index in [1.54, 1.807) is 17.6 Å². The van der Waals surface area contributed by atoms with Gasteiger partial charge in [-0.2, -0.15) is 12.6 Å². The Balaban J connectivity index is 0.000000322. The summed E-state index contributed by atoms with van der Waals surface area (Å²) in [4.78, 5) is 4.14. The van der Waals surface area contributed by atoms with Gasteiger partial charge in [-0.15, -0.1) is 11.3 Å². The van der Waals surface area contributed by atoms with Crippen LogP contribution in [0.25, 0.3) is 10.2 Å². The van der Waals surface area contributed by atoms with Gasteiger partial charge in [-0.1, -0.05) is 26.0 Å². The molecule has 1 aromatic carbocycles. The van der Waals surface area contributed by atoms with Gasteiger partial charge in [0.15, 0.2) is 0 Å². The normalized spacial score (nSPS) is 8.00. The van der Waals surface area contributed by atoms with Crippen LogP contribution in [0.4, 0.5) is 0 Å². The van der Waals surface area contributed by atoms with Gasteiger partial charge >= 0.3 is 0 Å². The minimum Gasteiger partial charge on any atom is -0.245 e. The van der Waals surface area contributed by atoms with Crippen LogP contribution in [0.5, 0.6) is 0 Å². The van der Waals surface area contributed by atoms with Crippen LogP contribution in [0, 0.1) is 0 Å². The number of nitrogens with zero attached hydrogens (tertiary/aromatic N) is 1. The fourth-order valence-corrected chi connectivity index (χ4v) is 1.48. The van der Waals surface area contributed by atoms with Crippen LogP contribution in [-0.2, 0) is 0 Å². The molecule has 0 saturated heterocycles. The Labute approximate surface area is 89.2 Å². The third-order valence-electron chi connectivity index (χ3n) is 1.24. The van der Waals surface area contributed by atoms with Crippen molar-refractivity contribution in [3.63, 3.8) is 0 Å². The minimum absolute atomic E-state index is 1.10. The summed E-state index contributed by atoms with van der Waals surface area (Å²) in [6, 6.07) is 8.13. The number of rotatable bonds is 0. The number of aromatic nitrogens is 1. The molecular formula is C10H15NS2. The standard InChI is InChI=1S/C7H5NS.C2H6.CH4S/c1-2-4-7-6(3-1)8-5-9-7;2*1-2/h1-5H;1-2H3;2H,1H3. The molecule has 0 aliphatic carbocycles. The summed E-state index contributed by atoms with van der Waals surface area (Å²) in [6.45, 7) is 4.00. The lowest BCUT2D eigenvalue weighted by Gasteiger charge is -1.80. The highest BCUT2D eigenvalue weighted by Crippen LogP contribution is 2.15. The Morgan fingerprint density at radius 2 is 1.77 bits per heavy atom. The first kappa shape index (κ1) is 12.5. The monoisotopic (exact) mass is 213 g/mol. The first-order chi connectivity index (χ1) is 6.47. The van der Waals surface area contributed by atoms with Gasteiger partial charge in [0, 0.05) is 0 Å². The summed E-state index contributed by atoms with van der Waals surface area (Å²) >= 11 is 5.20. The smallest absolute Gasteiger partial charge is 0.0812 e. The Bertz CT molecular complexity index is 287. The van der Waals surface area contributed by atoms with Crippen molar-refractivity contribution in [1.29, 1.82) is 0 Å². The Hall–Kier alpha value is -0.540. The predicted octanol–water partition coefficient (Wildman–Crippen LogP) is 3.87. The molecule has 0 spiro atoms. The van der Waals surface area contributed by atoms with Crippen molar-refractivity contribution >= 4 is 34.2 Å². The van der Waals surface area contributed by atoms with E-state index < -0.39 is 0 Å². The highest BCUT2D eigenvalue weighted by Gasteiger charge is 1.89. The second-order valence-electron chi connectivity index (χ2n) is 1.82. The van der Waals surface area contributed by atoms with E-state index in [9.17, 15) is 0 Å². The predicted molar refractivity (Wildman–Crippen MR) is 65.9 cm³/mol. The molecule has 0 bridgehead atoms. The topological polar surface area (TPSA) is 12.9 Å². The molecule has 1 nitrogen and oxygen atoms in total. The lowest BCUT2D eigenvalue weighted by Crippen LogP contribution is -1.61. The summed E-state index contributed by atoms with van der Waals surface area (Å²) in [6.07, 6.45) is 1.69. The van der Waals surface area contributed by atoms with Gasteiger partial charge in [0.2, 0.25) is 0 Å². The van der Waals surface area contributed by atoms with Gasteiger partial charge in [0.05, 0.1) is 15.7 Å². The van der Waals surface area contributed by atoms with E-state index in [-0.39, 0.29) is 0 Å². The summed E-state index contributed by atoms with van der Waals surface area (Å²) < 4.78 is 1.26. The van der Waals surface area contributed by atoms with Crippen LogP contribution in [0.1, 0.15) is 13.8 Å². The molecule has 2 aromatic rings. The molecule has 1 heterocycles. The number of para-hydroxylation sites is 1. The lowest BCUT2D eigenvalue weighted by molar-refractivity contribution is 1.50. The highest BCUT2D eigenvalue weighted by atomic mass is 32.1. The fraction of sp³-hybridized carbons (Fsp3) is 0.300. The van der Waals surface area contributed by atoms with Crippen molar-refractivity contribution in [2.75, 3.05) is 6.26 Å². The van der Waals surface area contributed by atoms with Crippen molar-refractivity contribution < 1.29 is 0 Å². The number of thiazole rings is 1. The fourth-order valence-electron chi connectivity index (χ4n) is 0.803. The van der Waals surface area contributed by atoms with Gasteiger partial charge in [0.1, 0.15) is 0 Å². The van der Waals surface area contributed by atoms with Gasteiger partial charge in [-0.25, -0.2) is 4.98 Å². The average Bonchev–Trinajstić information content (AvgIpc) is 2.71. The third kappa shape index (κ3) is 3.79. The maximum atomic E-state index is 4.14. The molecule has 0 radical (unpaired) electrons. The number of hydrogen-bond acceptors (Lipinski definition) is 3. The highest BCUT2D eigenvalue weighted by molar-refractivity contribution is 7.79. The van der Waals surface area contributed by atoms with E-state index in [2.05, 4.69) is 23.7 Å². The van der Waals surface area contributed by atoms with Crippen LogP contribution < -0.4 is 0 Å². The molecule has 2 rings (SSSR count). The molecule has 0 fully saturated rings. The maximum absolute atomic E-state index is 4.14. The van der Waals surface area contributed by atoms with Crippen molar-refractivity contribution in [3.05, 3.63) is 29.8 Å². The molecule has 0 aliphatic rings. The van der Waals surface area contributed by atoms with Crippen LogP contribution in [0.15, 0.2) is 29.8 Å². The SMILES string of the molecule is CC.CS.c1ccc2scnc2c1. The lowest BCUT2D eigenvalue weighted by atomic mass is 10.3. The molecule has 0 saturated carbocycles. The number of benzene rings is 1. The molecule has 0 atom stereocenters. The average molecular weight is 213 g/mol. The molecule has 13 heavy (non-hydrogen) atoms. The van der Waals surface area contributed by atoms with E-state index in [0.29, 0.717) is 0 Å². The number of hydrogen-bond donors (Lipinski definition) is 1. The van der Waals surface area contributed by atoms with Crippen LogP contribution in [-0.4, -0.2) is 11.2 Å². The molecule has 0 amide bonds. The van der Waals surface area contributed by atoms with Gasteiger partial charge in [0.25, 0.3) is 0 Å². The van der Waals surface area contributed by atoms with E-state index in [0.717, 1.165) is 5.52 Å². The second kappa shape index (κ2) is 8.08. The molecular weight excluding hydrogens is 198 g/mol.